The summed E-state index contributed by atoms with van der Waals surface area (Å²) >= 11 is 1.74. The van der Waals surface area contributed by atoms with Gasteiger partial charge >= 0.3 is 6.03 Å². The Labute approximate surface area is 142 Å². The van der Waals surface area contributed by atoms with Gasteiger partial charge in [0.1, 0.15) is 0 Å². The number of carbonyl (C=O) groups is 1. The standard InChI is InChI=1S/C19H24N2OS/c22-18(20-12-8-16-6-2-1-3-7-16)21-15-19(10-4-5-11-19)17-9-13-23-14-17/h1-3,6-7,9,13-14H,4-5,8,10-12,15H2,(H2,20,21,22). The summed E-state index contributed by atoms with van der Waals surface area (Å²) in [6.07, 6.45) is 5.73. The van der Waals surface area contributed by atoms with E-state index < -0.39 is 0 Å². The predicted molar refractivity (Wildman–Crippen MR) is 96.0 cm³/mol. The van der Waals surface area contributed by atoms with Gasteiger partial charge in [0, 0.05) is 18.5 Å². The Bertz CT molecular complexity index is 604. The van der Waals surface area contributed by atoms with Gasteiger partial charge in [-0.05, 0) is 47.2 Å². The monoisotopic (exact) mass is 328 g/mol. The Morgan fingerprint density at radius 3 is 2.57 bits per heavy atom. The van der Waals surface area contributed by atoms with Crippen LogP contribution in [-0.2, 0) is 11.8 Å². The molecule has 122 valence electrons. The number of hydrogen-bond donors (Lipinski definition) is 2. The molecule has 1 fully saturated rings. The van der Waals surface area contributed by atoms with Crippen molar-refractivity contribution in [1.82, 2.24) is 10.6 Å². The minimum atomic E-state index is -0.0533. The predicted octanol–water partition coefficient (Wildman–Crippen LogP) is 4.10. The van der Waals surface area contributed by atoms with Gasteiger partial charge in [0.25, 0.3) is 0 Å². The van der Waals surface area contributed by atoms with E-state index in [0.29, 0.717) is 6.54 Å². The Balaban J connectivity index is 1.46. The van der Waals surface area contributed by atoms with Crippen molar-refractivity contribution in [3.05, 3.63) is 58.3 Å². The second kappa shape index (κ2) is 7.64. The molecule has 0 atom stereocenters. The third-order valence-electron chi connectivity index (χ3n) is 4.82. The quantitative estimate of drug-likeness (QED) is 0.823. The minimum absolute atomic E-state index is 0.0533. The van der Waals surface area contributed by atoms with Crippen LogP contribution in [0.2, 0.25) is 0 Å². The number of hydrogen-bond acceptors (Lipinski definition) is 2. The van der Waals surface area contributed by atoms with Crippen LogP contribution < -0.4 is 10.6 Å². The fourth-order valence-corrected chi connectivity index (χ4v) is 4.24. The third kappa shape index (κ3) is 4.14. The molecule has 3 nitrogen and oxygen atoms in total. The van der Waals surface area contributed by atoms with Crippen LogP contribution in [0.4, 0.5) is 4.79 Å². The van der Waals surface area contributed by atoms with Crippen molar-refractivity contribution in [2.75, 3.05) is 13.1 Å². The van der Waals surface area contributed by atoms with E-state index in [9.17, 15) is 4.79 Å². The smallest absolute Gasteiger partial charge is 0.314 e. The number of nitrogens with one attached hydrogen (secondary N) is 2. The van der Waals surface area contributed by atoms with Crippen LogP contribution in [0, 0.1) is 0 Å². The molecular formula is C19H24N2OS. The van der Waals surface area contributed by atoms with Crippen LogP contribution in [0.5, 0.6) is 0 Å². The number of carbonyl (C=O) groups excluding carboxylic acids is 1. The summed E-state index contributed by atoms with van der Waals surface area (Å²) in [7, 11) is 0. The van der Waals surface area contributed by atoms with E-state index >= 15 is 0 Å². The van der Waals surface area contributed by atoms with E-state index in [1.165, 1.54) is 36.8 Å². The van der Waals surface area contributed by atoms with Gasteiger partial charge in [-0.2, -0.15) is 11.3 Å². The summed E-state index contributed by atoms with van der Waals surface area (Å²) in [5.41, 5.74) is 2.79. The zero-order valence-electron chi connectivity index (χ0n) is 13.4. The summed E-state index contributed by atoms with van der Waals surface area (Å²) in [4.78, 5) is 12.1. The molecule has 1 aliphatic carbocycles. The van der Waals surface area contributed by atoms with E-state index in [-0.39, 0.29) is 11.4 Å². The highest BCUT2D eigenvalue weighted by molar-refractivity contribution is 7.08. The SMILES string of the molecule is O=C(NCCc1ccccc1)NCC1(c2ccsc2)CCCC1. The van der Waals surface area contributed by atoms with Gasteiger partial charge in [-0.1, -0.05) is 43.2 Å². The molecular weight excluding hydrogens is 304 g/mol. The summed E-state index contributed by atoms with van der Waals surface area (Å²) in [5, 5.41) is 10.4. The maximum absolute atomic E-state index is 12.1. The molecule has 2 N–H and O–H groups in total. The first-order chi connectivity index (χ1) is 11.3. The molecule has 0 bridgehead atoms. The van der Waals surface area contributed by atoms with Crippen molar-refractivity contribution in [3.63, 3.8) is 0 Å². The van der Waals surface area contributed by atoms with Gasteiger partial charge < -0.3 is 10.6 Å². The maximum atomic E-state index is 12.1. The van der Waals surface area contributed by atoms with Gasteiger partial charge in [-0.3, -0.25) is 0 Å². The van der Waals surface area contributed by atoms with Gasteiger partial charge in [0.05, 0.1) is 0 Å². The Hall–Kier alpha value is -1.81. The largest absolute Gasteiger partial charge is 0.338 e. The highest BCUT2D eigenvalue weighted by Gasteiger charge is 2.36. The van der Waals surface area contributed by atoms with Crippen LogP contribution in [0.1, 0.15) is 36.8 Å². The second-order valence-electron chi connectivity index (χ2n) is 6.34. The van der Waals surface area contributed by atoms with Crippen LogP contribution in [-0.4, -0.2) is 19.1 Å². The lowest BCUT2D eigenvalue weighted by Crippen LogP contribution is -2.44. The normalized spacial score (nSPS) is 16.2. The van der Waals surface area contributed by atoms with Crippen molar-refractivity contribution in [3.8, 4) is 0 Å². The molecule has 0 radical (unpaired) electrons. The molecule has 1 aliphatic rings. The molecule has 2 amide bonds. The minimum Gasteiger partial charge on any atom is -0.338 e. The van der Waals surface area contributed by atoms with E-state index in [0.717, 1.165) is 13.0 Å². The first kappa shape index (κ1) is 16.1. The summed E-state index contributed by atoms with van der Waals surface area (Å²) in [5.74, 6) is 0. The molecule has 3 rings (SSSR count). The highest BCUT2D eigenvalue weighted by Crippen LogP contribution is 2.41. The molecule has 2 aromatic rings. The van der Waals surface area contributed by atoms with E-state index in [1.54, 1.807) is 11.3 Å². The summed E-state index contributed by atoms with van der Waals surface area (Å²) < 4.78 is 0. The fourth-order valence-electron chi connectivity index (χ4n) is 3.46. The summed E-state index contributed by atoms with van der Waals surface area (Å²) in [6.45, 7) is 1.40. The zero-order chi connectivity index (χ0) is 16.0. The number of benzene rings is 1. The topological polar surface area (TPSA) is 41.1 Å². The van der Waals surface area contributed by atoms with Gasteiger partial charge in [-0.15, -0.1) is 0 Å². The van der Waals surface area contributed by atoms with Crippen molar-refractivity contribution in [2.24, 2.45) is 0 Å². The number of amides is 2. The van der Waals surface area contributed by atoms with Gasteiger partial charge in [0.15, 0.2) is 0 Å². The molecule has 0 spiro atoms. The van der Waals surface area contributed by atoms with Crippen molar-refractivity contribution < 1.29 is 4.79 Å². The lowest BCUT2D eigenvalue weighted by Gasteiger charge is -2.28. The first-order valence-corrected chi connectivity index (χ1v) is 9.31. The third-order valence-corrected chi connectivity index (χ3v) is 5.51. The zero-order valence-corrected chi connectivity index (χ0v) is 14.2. The highest BCUT2D eigenvalue weighted by atomic mass is 32.1. The Morgan fingerprint density at radius 1 is 1.09 bits per heavy atom. The Morgan fingerprint density at radius 2 is 1.87 bits per heavy atom. The average Bonchev–Trinajstić information content (AvgIpc) is 3.26. The number of thiophene rings is 1. The van der Waals surface area contributed by atoms with Crippen molar-refractivity contribution in [1.29, 1.82) is 0 Å². The molecule has 0 unspecified atom stereocenters. The van der Waals surface area contributed by atoms with E-state index in [1.807, 2.05) is 18.2 Å². The second-order valence-corrected chi connectivity index (χ2v) is 7.12. The Kier molecular flexibility index (Phi) is 5.34. The lowest BCUT2D eigenvalue weighted by atomic mass is 9.80. The fraction of sp³-hybridized carbons (Fsp3) is 0.421. The van der Waals surface area contributed by atoms with E-state index in [4.69, 9.17) is 0 Å². The average molecular weight is 328 g/mol. The van der Waals surface area contributed by atoms with Crippen molar-refractivity contribution in [2.45, 2.75) is 37.5 Å². The lowest BCUT2D eigenvalue weighted by molar-refractivity contribution is 0.237. The van der Waals surface area contributed by atoms with Crippen LogP contribution in [0.15, 0.2) is 47.2 Å². The molecule has 4 heteroatoms. The molecule has 1 aromatic carbocycles. The number of urea groups is 1. The van der Waals surface area contributed by atoms with Crippen LogP contribution in [0.3, 0.4) is 0 Å². The first-order valence-electron chi connectivity index (χ1n) is 8.37. The summed E-state index contributed by atoms with van der Waals surface area (Å²) in [6, 6.07) is 12.4. The molecule has 23 heavy (non-hydrogen) atoms. The molecule has 1 heterocycles. The number of rotatable bonds is 6. The van der Waals surface area contributed by atoms with E-state index in [2.05, 4.69) is 39.6 Å². The van der Waals surface area contributed by atoms with Gasteiger partial charge in [0.2, 0.25) is 0 Å². The molecule has 0 saturated heterocycles. The molecule has 1 saturated carbocycles. The van der Waals surface area contributed by atoms with Crippen LogP contribution >= 0.6 is 11.3 Å². The van der Waals surface area contributed by atoms with Gasteiger partial charge in [-0.25, -0.2) is 4.79 Å². The van der Waals surface area contributed by atoms with Crippen LogP contribution in [0.25, 0.3) is 0 Å². The molecule has 0 aliphatic heterocycles. The van der Waals surface area contributed by atoms with Crippen molar-refractivity contribution >= 4 is 17.4 Å². The maximum Gasteiger partial charge on any atom is 0.314 e. The molecule has 1 aromatic heterocycles.